The lowest BCUT2D eigenvalue weighted by Gasteiger charge is -2.28. The number of allylic oxidation sites excluding steroid dienone is 4. The molecule has 10 heteroatoms. The van der Waals surface area contributed by atoms with Gasteiger partial charge in [-0.05, 0) is 44.9 Å². The number of carbonyl (C=O) groups excluding carboxylic acids is 2. The van der Waals surface area contributed by atoms with Gasteiger partial charge in [0.1, 0.15) is 19.8 Å². The number of quaternary nitrogens is 1. The molecule has 2 atom stereocenters. The molecule has 0 aliphatic carbocycles. The summed E-state index contributed by atoms with van der Waals surface area (Å²) in [7, 11) is -0.133. The topological polar surface area (TPSA) is 111 Å². The van der Waals surface area contributed by atoms with Gasteiger partial charge in [0.25, 0.3) is 7.82 Å². The van der Waals surface area contributed by atoms with E-state index in [1.54, 1.807) is 21.1 Å². The van der Waals surface area contributed by atoms with Crippen LogP contribution in [0.2, 0.25) is 0 Å². The Bertz CT molecular complexity index is 2210. The zero-order valence-electron chi connectivity index (χ0n) is 61.9. The molecule has 0 aromatic carbocycles. The number of rotatable bonds is 38. The van der Waals surface area contributed by atoms with Crippen molar-refractivity contribution in [3.05, 3.63) is 24.3 Å². The van der Waals surface area contributed by atoms with E-state index in [4.69, 9.17) is 61.0 Å². The van der Waals surface area contributed by atoms with Crippen LogP contribution in [0.1, 0.15) is 223 Å². The lowest BCUT2D eigenvalue weighted by atomic mass is 10.0. The first-order valence-corrected chi connectivity index (χ1v) is 18.7. The zero-order chi connectivity index (χ0) is 66.2. The minimum absolute atomic E-state index is 0.136. The van der Waals surface area contributed by atoms with Gasteiger partial charge in [-0.3, -0.25) is 14.2 Å². The molecule has 0 aliphatic rings. The third kappa shape index (κ3) is 38.2. The zero-order valence-corrected chi connectivity index (χ0v) is 31.8. The summed E-state index contributed by atoms with van der Waals surface area (Å²) in [4.78, 5) is 39.0. The van der Waals surface area contributed by atoms with E-state index in [0.717, 1.165) is 44.9 Å². The first-order valence-electron chi connectivity index (χ1n) is 32.7. The summed E-state index contributed by atoms with van der Waals surface area (Å²) in [6.07, 6.45) is -54.6. The number of hydrogen-bond donors (Lipinski definition) is 0. The van der Waals surface area contributed by atoms with E-state index >= 15 is 0 Å². The number of phosphoric acid groups is 1. The number of carbonyl (C=O) groups is 2. The van der Waals surface area contributed by atoms with Crippen LogP contribution < -0.4 is 4.89 Å². The normalized spacial score (nSPS) is 26.8. The summed E-state index contributed by atoms with van der Waals surface area (Å²) in [5.74, 6) is -3.53. The molecule has 0 N–H and O–H groups in total. The summed E-state index contributed by atoms with van der Waals surface area (Å²) in [5.41, 5.74) is 0. The highest BCUT2D eigenvalue weighted by atomic mass is 31.2. The van der Waals surface area contributed by atoms with Crippen LogP contribution in [0.3, 0.4) is 0 Å². The fourth-order valence-electron chi connectivity index (χ4n) is 3.71. The van der Waals surface area contributed by atoms with Gasteiger partial charge in [-0.15, -0.1) is 0 Å². The Hall–Kier alpha value is -1.51. The van der Waals surface area contributed by atoms with Crippen molar-refractivity contribution in [3.63, 3.8) is 0 Å². The minimum atomic E-state index is -5.24. The number of phosphoric ester groups is 1. The average Bonchev–Trinajstić information content (AvgIpc) is 3.31. The molecule has 9 nitrogen and oxygen atoms in total. The van der Waals surface area contributed by atoms with Gasteiger partial charge in [0, 0.05) is 55.3 Å². The van der Waals surface area contributed by atoms with Crippen molar-refractivity contribution in [1.29, 1.82) is 0 Å². The van der Waals surface area contributed by atoms with Gasteiger partial charge in [0.2, 0.25) is 0 Å². The first-order chi connectivity index (χ1) is 36.7. The summed E-state index contributed by atoms with van der Waals surface area (Å²) < 4.78 is 287. The van der Waals surface area contributed by atoms with Crippen molar-refractivity contribution in [2.45, 2.75) is 186 Å². The van der Waals surface area contributed by atoms with E-state index in [1.165, 1.54) is 6.42 Å². The van der Waals surface area contributed by atoms with E-state index in [-0.39, 0.29) is 23.9 Å². The number of esters is 2. The lowest BCUT2D eigenvalue weighted by molar-refractivity contribution is -0.870. The maximum Gasteiger partial charge on any atom is 0.306 e. The van der Waals surface area contributed by atoms with Crippen LogP contribution >= 0.6 is 7.82 Å². The third-order valence-electron chi connectivity index (χ3n) is 6.37. The van der Waals surface area contributed by atoms with E-state index in [1.807, 2.05) is 0 Å². The monoisotopic (exact) mass is 789 g/mol. The molecule has 0 saturated heterocycles. The van der Waals surface area contributed by atoms with E-state index < -0.39 is 142 Å². The number of nitrogens with zero attached hydrogens (tertiary/aromatic N) is 1. The molecule has 0 saturated carbocycles. The predicted octanol–water partition coefficient (Wildman–Crippen LogP) is 10.9. The van der Waals surface area contributed by atoms with Crippen molar-refractivity contribution in [2.75, 3.05) is 47.5 Å². The first kappa shape index (κ1) is 19.1. The summed E-state index contributed by atoms with van der Waals surface area (Å²) >= 11 is 0. The van der Waals surface area contributed by atoms with Crippen LogP contribution in [-0.4, -0.2) is 70.0 Å². The van der Waals surface area contributed by atoms with E-state index in [0.29, 0.717) is 12.8 Å². The Balaban J connectivity index is 6.87. The number of hydrogen-bond acceptors (Lipinski definition) is 8. The Labute approximate surface area is 363 Å². The van der Waals surface area contributed by atoms with Crippen molar-refractivity contribution in [1.82, 2.24) is 0 Å². The van der Waals surface area contributed by atoms with Crippen LogP contribution in [0.4, 0.5) is 0 Å². The molecule has 0 bridgehead atoms. The van der Waals surface area contributed by atoms with Crippen molar-refractivity contribution >= 4 is 19.8 Å². The standard InChI is InChI=1S/C42H80NO8P/c1-6-8-10-12-14-16-18-20-21-23-25-27-29-31-33-35-42(45)51-40(39-50-52(46,47)49-37-36-43(3,4)5)38-48-41(44)34-32-30-28-26-24-22-19-17-15-13-11-9-7-2/h14,16,20-21,40H,6-13,15,17-19,22-39H2,1-5H3/b16-14-,21-20-/t40-/m1/s1/i2D3,7D2,9D2,11D2,13D2,15D2,17D2,19D2,22D2,24D2,26D2,28D2,30D2,32D2,34D2. The van der Waals surface area contributed by atoms with Crippen molar-refractivity contribution < 1.29 is 84.5 Å². The quantitative estimate of drug-likeness (QED) is 0.0200. The minimum Gasteiger partial charge on any atom is -0.756 e. The van der Waals surface area contributed by atoms with Gasteiger partial charge < -0.3 is 27.9 Å². The van der Waals surface area contributed by atoms with Gasteiger partial charge in [-0.25, -0.2) is 0 Å². The Morgan fingerprint density at radius 2 is 1.29 bits per heavy atom. The number of likely N-dealkylation sites (N-methyl/N-ethyl adjacent to an activating group) is 1. The molecule has 0 spiro atoms. The summed E-state index contributed by atoms with van der Waals surface area (Å²) in [5, 5.41) is 0. The molecule has 0 aromatic rings. The van der Waals surface area contributed by atoms with Gasteiger partial charge in [-0.1, -0.05) is 147 Å². The smallest absolute Gasteiger partial charge is 0.306 e. The van der Waals surface area contributed by atoms with E-state index in [9.17, 15) is 19.0 Å². The molecule has 0 heterocycles. The number of ether oxygens (including phenoxy) is 2. The molecule has 0 amide bonds. The highest BCUT2D eigenvalue weighted by Crippen LogP contribution is 2.38. The third-order valence-corrected chi connectivity index (χ3v) is 7.34. The molecule has 0 rings (SSSR count). The van der Waals surface area contributed by atoms with Crippen LogP contribution in [0.25, 0.3) is 0 Å². The SMILES string of the molecule is [2H]C([2H])([2H])C([2H])([2H])C([2H])([2H])C([2H])([2H])C([2H])([2H])C([2H])([2H])C([2H])([2H])C([2H])([2H])C([2H])([2H])C([2H])([2H])C([2H])([2H])C([2H])([2H])C([2H])([2H])C([2H])([2H])C([2H])([2H])C(=O)OC[C@H](COP(=O)([O-])OCC[N+](C)(C)C)OC(=O)CCCCCCC/C=C\C/C=C\CCCCC. The molecule has 0 aliphatic heterocycles. The maximum atomic E-state index is 13.5. The highest BCUT2D eigenvalue weighted by Gasteiger charge is 2.21. The Kier molecular flexibility index (Phi) is 12.9. The molecule has 1 unspecified atom stereocenters. The summed E-state index contributed by atoms with van der Waals surface area (Å²) in [6.45, 7) is -4.90. The summed E-state index contributed by atoms with van der Waals surface area (Å²) in [6, 6.07) is 0. The van der Waals surface area contributed by atoms with Crippen LogP contribution in [0, 0.1) is 0 Å². The maximum absolute atomic E-state index is 13.5. The van der Waals surface area contributed by atoms with Gasteiger partial charge in [0.15, 0.2) is 6.10 Å². The molecule has 0 aromatic heterocycles. The van der Waals surface area contributed by atoms with Gasteiger partial charge in [-0.2, -0.15) is 0 Å². The molecule has 52 heavy (non-hydrogen) atoms. The van der Waals surface area contributed by atoms with Gasteiger partial charge in [0.05, 0.1) is 27.7 Å². The van der Waals surface area contributed by atoms with E-state index in [2.05, 4.69) is 31.2 Å². The molecule has 0 radical (unpaired) electrons. The van der Waals surface area contributed by atoms with Crippen LogP contribution in [0.15, 0.2) is 24.3 Å². The second-order valence-corrected chi connectivity index (χ2v) is 13.4. The Morgan fingerprint density at radius 1 is 0.731 bits per heavy atom. The Morgan fingerprint density at radius 3 is 1.88 bits per heavy atom. The second kappa shape index (κ2) is 35.2. The molecule has 306 valence electrons. The number of unbranched alkanes of at least 4 members (excludes halogenated alkanes) is 8. The van der Waals surface area contributed by atoms with Crippen LogP contribution in [0.5, 0.6) is 0 Å². The lowest BCUT2D eigenvalue weighted by Crippen LogP contribution is -2.37. The molecular weight excluding hydrogens is 677 g/mol. The van der Waals surface area contributed by atoms with Crippen molar-refractivity contribution in [3.8, 4) is 0 Å². The largest absolute Gasteiger partial charge is 0.756 e. The van der Waals surface area contributed by atoms with Gasteiger partial charge >= 0.3 is 11.9 Å². The molecular formula is C42H80NO8P. The highest BCUT2D eigenvalue weighted by molar-refractivity contribution is 7.45. The molecule has 0 fully saturated rings. The second-order valence-electron chi connectivity index (χ2n) is 12.0. The fraction of sp³-hybridized carbons (Fsp3) is 0.857. The predicted molar refractivity (Wildman–Crippen MR) is 213 cm³/mol. The average molecular weight is 789 g/mol. The van der Waals surface area contributed by atoms with Crippen molar-refractivity contribution in [2.24, 2.45) is 0 Å². The van der Waals surface area contributed by atoms with Crippen LogP contribution in [-0.2, 0) is 32.7 Å². The fourth-order valence-corrected chi connectivity index (χ4v) is 4.44.